The second-order valence-electron chi connectivity index (χ2n) is 5.69. The minimum absolute atomic E-state index is 0.285. The molecule has 0 amide bonds. The first-order valence-corrected chi connectivity index (χ1v) is 9.58. The smallest absolute Gasteiger partial charge is 0.357 e. The molecule has 0 saturated carbocycles. The minimum atomic E-state index is -0.432. The second-order valence-corrected chi connectivity index (χ2v) is 7.07. The zero-order valence-corrected chi connectivity index (χ0v) is 16.1. The first-order valence-electron chi connectivity index (χ1n) is 8.32. The van der Waals surface area contributed by atoms with Crippen LogP contribution in [-0.4, -0.2) is 17.6 Å². The van der Waals surface area contributed by atoms with Crippen molar-refractivity contribution in [1.82, 2.24) is 4.98 Å². The number of esters is 1. The quantitative estimate of drug-likeness (QED) is 0.501. The summed E-state index contributed by atoms with van der Waals surface area (Å²) in [5.74, 6) is -0.0532. The Morgan fingerprint density at radius 3 is 2.74 bits per heavy atom. The van der Waals surface area contributed by atoms with Gasteiger partial charge in [0.15, 0.2) is 5.69 Å². The molecule has 0 N–H and O–H groups in total. The largest absolute Gasteiger partial charge is 0.489 e. The molecule has 0 spiro atoms. The van der Waals surface area contributed by atoms with E-state index in [4.69, 9.17) is 21.1 Å². The van der Waals surface area contributed by atoms with E-state index < -0.39 is 5.97 Å². The molecule has 4 nitrogen and oxygen atoms in total. The van der Waals surface area contributed by atoms with Crippen molar-refractivity contribution in [2.75, 3.05) is 6.61 Å². The fraction of sp³-hybridized carbons (Fsp3) is 0.200. The zero-order valence-electron chi connectivity index (χ0n) is 14.6. The average Bonchev–Trinajstić information content (AvgIpc) is 3.11. The van der Waals surface area contributed by atoms with Gasteiger partial charge in [0.05, 0.1) is 11.6 Å². The van der Waals surface area contributed by atoms with E-state index in [0.717, 1.165) is 16.1 Å². The minimum Gasteiger partial charge on any atom is -0.489 e. The summed E-state index contributed by atoms with van der Waals surface area (Å²) in [6.45, 7) is 2.37. The standard InChI is InChI=1S/C20H17ClFNO3S/c1-2-25-20(24)17-12-27-19(23-17)10-14-9-15(21)5-8-18(14)26-11-13-3-6-16(22)7-4-13/h3-9,12H,2,10-11H2,1H3. The van der Waals surface area contributed by atoms with Crippen LogP contribution in [0.25, 0.3) is 0 Å². The molecule has 2 aromatic carbocycles. The Morgan fingerprint density at radius 2 is 2.00 bits per heavy atom. The summed E-state index contributed by atoms with van der Waals surface area (Å²) in [6, 6.07) is 11.5. The lowest BCUT2D eigenvalue weighted by molar-refractivity contribution is 0.0520. The van der Waals surface area contributed by atoms with Gasteiger partial charge in [-0.25, -0.2) is 14.2 Å². The van der Waals surface area contributed by atoms with Gasteiger partial charge in [-0.3, -0.25) is 0 Å². The Bertz CT molecular complexity index is 927. The molecule has 0 aliphatic rings. The van der Waals surface area contributed by atoms with Crippen molar-refractivity contribution in [2.24, 2.45) is 0 Å². The van der Waals surface area contributed by atoms with E-state index in [2.05, 4.69) is 4.98 Å². The molecular weight excluding hydrogens is 389 g/mol. The molecule has 7 heteroatoms. The molecule has 0 fully saturated rings. The van der Waals surface area contributed by atoms with Gasteiger partial charge in [0.2, 0.25) is 0 Å². The van der Waals surface area contributed by atoms with Gasteiger partial charge in [-0.15, -0.1) is 11.3 Å². The highest BCUT2D eigenvalue weighted by molar-refractivity contribution is 7.09. The highest BCUT2D eigenvalue weighted by atomic mass is 35.5. The van der Waals surface area contributed by atoms with Crippen LogP contribution < -0.4 is 4.74 Å². The Labute approximate surface area is 165 Å². The molecule has 3 rings (SSSR count). The Hall–Kier alpha value is -2.44. The van der Waals surface area contributed by atoms with Crippen molar-refractivity contribution >= 4 is 28.9 Å². The molecule has 0 aliphatic heterocycles. The molecule has 27 heavy (non-hydrogen) atoms. The van der Waals surface area contributed by atoms with Crippen molar-refractivity contribution in [3.8, 4) is 5.75 Å². The van der Waals surface area contributed by atoms with Crippen LogP contribution in [0.3, 0.4) is 0 Å². The number of ether oxygens (including phenoxy) is 2. The summed E-state index contributed by atoms with van der Waals surface area (Å²) >= 11 is 7.50. The van der Waals surface area contributed by atoms with Crippen LogP contribution in [-0.2, 0) is 17.8 Å². The number of nitrogens with zero attached hydrogens (tertiary/aromatic N) is 1. The van der Waals surface area contributed by atoms with Gasteiger partial charge in [0, 0.05) is 22.4 Å². The van der Waals surface area contributed by atoms with Gasteiger partial charge in [-0.1, -0.05) is 23.7 Å². The molecule has 0 saturated heterocycles. The SMILES string of the molecule is CCOC(=O)c1csc(Cc2cc(Cl)ccc2OCc2ccc(F)cc2)n1. The second kappa shape index (κ2) is 8.97. The number of carbonyl (C=O) groups excluding carboxylic acids is 1. The molecule has 1 heterocycles. The number of rotatable bonds is 7. The van der Waals surface area contributed by atoms with Gasteiger partial charge in [-0.2, -0.15) is 0 Å². The van der Waals surface area contributed by atoms with Crippen LogP contribution in [0.2, 0.25) is 5.02 Å². The maximum atomic E-state index is 13.0. The van der Waals surface area contributed by atoms with Crippen molar-refractivity contribution in [3.63, 3.8) is 0 Å². The Morgan fingerprint density at radius 1 is 1.22 bits per heavy atom. The lowest BCUT2D eigenvalue weighted by Crippen LogP contribution is -2.05. The van der Waals surface area contributed by atoms with E-state index in [1.54, 1.807) is 36.6 Å². The molecule has 0 atom stereocenters. The van der Waals surface area contributed by atoms with Gasteiger partial charge in [0.25, 0.3) is 0 Å². The predicted octanol–water partition coefficient (Wildman–Crippen LogP) is 5.28. The van der Waals surface area contributed by atoms with Crippen LogP contribution in [0.4, 0.5) is 4.39 Å². The van der Waals surface area contributed by atoms with Crippen LogP contribution in [0.1, 0.15) is 33.5 Å². The molecule has 0 bridgehead atoms. The third kappa shape index (κ3) is 5.28. The van der Waals surface area contributed by atoms with E-state index >= 15 is 0 Å². The third-order valence-corrected chi connectivity index (χ3v) is 4.79. The lowest BCUT2D eigenvalue weighted by Gasteiger charge is -2.11. The van der Waals surface area contributed by atoms with Gasteiger partial charge >= 0.3 is 5.97 Å². The van der Waals surface area contributed by atoms with Crippen LogP contribution in [0.5, 0.6) is 5.75 Å². The number of aromatic nitrogens is 1. The van der Waals surface area contributed by atoms with E-state index in [1.807, 2.05) is 6.07 Å². The van der Waals surface area contributed by atoms with Crippen molar-refractivity contribution < 1.29 is 18.7 Å². The van der Waals surface area contributed by atoms with E-state index in [0.29, 0.717) is 36.1 Å². The Kier molecular flexibility index (Phi) is 6.42. The summed E-state index contributed by atoms with van der Waals surface area (Å²) in [7, 11) is 0. The maximum absolute atomic E-state index is 13.0. The number of halogens is 2. The monoisotopic (exact) mass is 405 g/mol. The molecule has 0 unspecified atom stereocenters. The number of hydrogen-bond acceptors (Lipinski definition) is 5. The van der Waals surface area contributed by atoms with E-state index in [-0.39, 0.29) is 5.82 Å². The molecule has 0 radical (unpaired) electrons. The number of carbonyl (C=O) groups is 1. The van der Waals surface area contributed by atoms with Crippen LogP contribution in [0.15, 0.2) is 47.8 Å². The average molecular weight is 406 g/mol. The summed E-state index contributed by atoms with van der Waals surface area (Å²) in [5, 5.41) is 3.02. The van der Waals surface area contributed by atoms with Crippen LogP contribution in [0, 0.1) is 5.82 Å². The fourth-order valence-electron chi connectivity index (χ4n) is 2.42. The van der Waals surface area contributed by atoms with Crippen LogP contribution >= 0.6 is 22.9 Å². The first kappa shape index (κ1) is 19.3. The van der Waals surface area contributed by atoms with E-state index in [9.17, 15) is 9.18 Å². The van der Waals surface area contributed by atoms with Crippen molar-refractivity contribution in [1.29, 1.82) is 0 Å². The molecular formula is C20H17ClFNO3S. The molecule has 3 aromatic rings. The molecule has 0 aliphatic carbocycles. The number of hydrogen-bond donors (Lipinski definition) is 0. The highest BCUT2D eigenvalue weighted by Crippen LogP contribution is 2.27. The fourth-order valence-corrected chi connectivity index (χ4v) is 3.40. The topological polar surface area (TPSA) is 48.4 Å². The summed E-state index contributed by atoms with van der Waals surface area (Å²) in [4.78, 5) is 16.1. The van der Waals surface area contributed by atoms with Crippen molar-refractivity contribution in [2.45, 2.75) is 20.0 Å². The molecule has 140 valence electrons. The third-order valence-electron chi connectivity index (χ3n) is 3.71. The highest BCUT2D eigenvalue weighted by Gasteiger charge is 2.14. The Balaban J connectivity index is 1.74. The normalized spacial score (nSPS) is 10.6. The number of thiazole rings is 1. The van der Waals surface area contributed by atoms with Gasteiger partial charge < -0.3 is 9.47 Å². The summed E-state index contributed by atoms with van der Waals surface area (Å²) < 4.78 is 23.9. The van der Waals surface area contributed by atoms with E-state index in [1.165, 1.54) is 23.5 Å². The van der Waals surface area contributed by atoms with Gasteiger partial charge in [0.1, 0.15) is 18.2 Å². The lowest BCUT2D eigenvalue weighted by atomic mass is 10.1. The maximum Gasteiger partial charge on any atom is 0.357 e. The predicted molar refractivity (Wildman–Crippen MR) is 103 cm³/mol. The summed E-state index contributed by atoms with van der Waals surface area (Å²) in [5.41, 5.74) is 2.01. The van der Waals surface area contributed by atoms with Crippen molar-refractivity contribution in [3.05, 3.63) is 80.5 Å². The van der Waals surface area contributed by atoms with Gasteiger partial charge in [-0.05, 0) is 42.8 Å². The number of benzene rings is 2. The zero-order chi connectivity index (χ0) is 19.2. The molecule has 1 aromatic heterocycles. The summed E-state index contributed by atoms with van der Waals surface area (Å²) in [6.07, 6.45) is 0.476. The first-order chi connectivity index (χ1) is 13.0.